The quantitative estimate of drug-likeness (QED) is 0.849. The Morgan fingerprint density at radius 3 is 2.77 bits per heavy atom. The van der Waals surface area contributed by atoms with E-state index in [1.165, 1.54) is 22.7 Å². The average Bonchev–Trinajstić information content (AvgIpc) is 2.84. The molecular weight excluding hydrogens is 289 g/mol. The van der Waals surface area contributed by atoms with Crippen molar-refractivity contribution in [1.29, 1.82) is 0 Å². The fraction of sp³-hybridized carbons (Fsp3) is 0.400. The first-order valence-electron chi connectivity index (χ1n) is 7.06. The highest BCUT2D eigenvalue weighted by Gasteiger charge is 2.25. The standard InChI is InChI=1S/C15H18FN3O3/c1-3-9(2)14(15(21)22)18-13(20)6-11-8-19-7-10(16)4-5-12(19)17-11/h4-5,7-9,14H,3,6H2,1-2H3,(H,18,20)(H,21,22). The summed E-state index contributed by atoms with van der Waals surface area (Å²) in [5.41, 5.74) is 0.984. The molecule has 2 aromatic rings. The van der Waals surface area contributed by atoms with Crippen LogP contribution in [0.3, 0.4) is 0 Å². The van der Waals surface area contributed by atoms with E-state index in [1.807, 2.05) is 6.92 Å². The predicted molar refractivity (Wildman–Crippen MR) is 77.9 cm³/mol. The Morgan fingerprint density at radius 1 is 1.41 bits per heavy atom. The highest BCUT2D eigenvalue weighted by Crippen LogP contribution is 2.10. The number of imidazole rings is 1. The highest BCUT2D eigenvalue weighted by molar-refractivity contribution is 5.84. The molecule has 0 bridgehead atoms. The second-order valence-electron chi connectivity index (χ2n) is 5.29. The number of fused-ring (bicyclic) bond motifs is 1. The van der Waals surface area contributed by atoms with Crippen LogP contribution >= 0.6 is 0 Å². The number of aromatic nitrogens is 2. The van der Waals surface area contributed by atoms with Gasteiger partial charge < -0.3 is 14.8 Å². The van der Waals surface area contributed by atoms with Gasteiger partial charge in [-0.25, -0.2) is 14.2 Å². The van der Waals surface area contributed by atoms with Gasteiger partial charge in [0, 0.05) is 12.4 Å². The zero-order valence-electron chi connectivity index (χ0n) is 12.4. The number of aliphatic carboxylic acids is 1. The molecule has 2 rings (SSSR count). The number of halogens is 1. The van der Waals surface area contributed by atoms with Crippen LogP contribution in [0.1, 0.15) is 26.0 Å². The zero-order chi connectivity index (χ0) is 16.3. The number of nitrogens with zero attached hydrogens (tertiary/aromatic N) is 2. The third kappa shape index (κ3) is 3.60. The van der Waals surface area contributed by atoms with Crippen LogP contribution in [0.5, 0.6) is 0 Å². The first-order valence-corrected chi connectivity index (χ1v) is 7.06. The monoisotopic (exact) mass is 307 g/mol. The summed E-state index contributed by atoms with van der Waals surface area (Å²) < 4.78 is 14.6. The lowest BCUT2D eigenvalue weighted by Crippen LogP contribution is -2.45. The van der Waals surface area contributed by atoms with Gasteiger partial charge in [-0.2, -0.15) is 0 Å². The molecule has 2 heterocycles. The number of nitrogens with one attached hydrogen (secondary N) is 1. The van der Waals surface area contributed by atoms with Crippen LogP contribution in [-0.4, -0.2) is 32.4 Å². The van der Waals surface area contributed by atoms with Crippen molar-refractivity contribution in [1.82, 2.24) is 14.7 Å². The number of amides is 1. The van der Waals surface area contributed by atoms with E-state index < -0.39 is 23.7 Å². The van der Waals surface area contributed by atoms with Crippen molar-refractivity contribution < 1.29 is 19.1 Å². The van der Waals surface area contributed by atoms with Crippen LogP contribution < -0.4 is 5.32 Å². The van der Waals surface area contributed by atoms with Crippen molar-refractivity contribution in [2.75, 3.05) is 0 Å². The SMILES string of the molecule is CCC(C)C(NC(=O)Cc1cn2cc(F)ccc2n1)C(=O)O. The number of hydrogen-bond donors (Lipinski definition) is 2. The van der Waals surface area contributed by atoms with Crippen LogP contribution in [0.25, 0.3) is 5.65 Å². The Morgan fingerprint density at radius 2 is 2.14 bits per heavy atom. The second kappa shape index (κ2) is 6.55. The first kappa shape index (κ1) is 15.9. The van der Waals surface area contributed by atoms with Gasteiger partial charge in [0.2, 0.25) is 5.91 Å². The van der Waals surface area contributed by atoms with Crippen LogP contribution in [-0.2, 0) is 16.0 Å². The van der Waals surface area contributed by atoms with Gasteiger partial charge in [0.05, 0.1) is 12.1 Å². The minimum Gasteiger partial charge on any atom is -0.480 e. The molecular formula is C15H18FN3O3. The number of carbonyl (C=O) groups excluding carboxylic acids is 1. The maximum atomic E-state index is 13.1. The van der Waals surface area contributed by atoms with E-state index in [4.69, 9.17) is 5.11 Å². The minimum absolute atomic E-state index is 0.0521. The molecule has 2 N–H and O–H groups in total. The van der Waals surface area contributed by atoms with E-state index in [9.17, 15) is 14.0 Å². The molecule has 0 aliphatic heterocycles. The van der Waals surface area contributed by atoms with Crippen LogP contribution in [0.15, 0.2) is 24.5 Å². The summed E-state index contributed by atoms with van der Waals surface area (Å²) in [4.78, 5) is 27.4. The predicted octanol–water partition coefficient (Wildman–Crippen LogP) is 1.63. The van der Waals surface area contributed by atoms with Gasteiger partial charge in [0.15, 0.2) is 0 Å². The number of carboxylic acid groups (broad SMARTS) is 1. The molecule has 0 aliphatic carbocycles. The first-order chi connectivity index (χ1) is 10.4. The third-order valence-corrected chi connectivity index (χ3v) is 3.60. The van der Waals surface area contributed by atoms with E-state index in [0.717, 1.165) is 0 Å². The molecule has 0 saturated carbocycles. The maximum absolute atomic E-state index is 13.1. The molecule has 0 radical (unpaired) electrons. The normalized spacial score (nSPS) is 13.8. The van der Waals surface area contributed by atoms with Crippen molar-refractivity contribution in [3.05, 3.63) is 36.0 Å². The second-order valence-corrected chi connectivity index (χ2v) is 5.29. The number of carboxylic acids is 1. The van der Waals surface area contributed by atoms with E-state index in [2.05, 4.69) is 10.3 Å². The van der Waals surface area contributed by atoms with Crippen LogP contribution in [0.2, 0.25) is 0 Å². The third-order valence-electron chi connectivity index (χ3n) is 3.60. The summed E-state index contributed by atoms with van der Waals surface area (Å²) in [6.45, 7) is 3.64. The molecule has 0 fully saturated rings. The Kier molecular flexibility index (Phi) is 4.75. The number of rotatable bonds is 6. The molecule has 7 heteroatoms. The molecule has 6 nitrogen and oxygen atoms in total. The largest absolute Gasteiger partial charge is 0.480 e. The fourth-order valence-corrected chi connectivity index (χ4v) is 2.17. The number of pyridine rings is 1. The Balaban J connectivity index is 2.08. The van der Waals surface area contributed by atoms with Gasteiger partial charge in [-0.1, -0.05) is 20.3 Å². The zero-order valence-corrected chi connectivity index (χ0v) is 12.4. The number of hydrogen-bond acceptors (Lipinski definition) is 3. The summed E-state index contributed by atoms with van der Waals surface area (Å²) in [6, 6.07) is 1.87. The Hall–Kier alpha value is -2.44. The molecule has 22 heavy (non-hydrogen) atoms. The Bertz CT molecular complexity index is 698. The van der Waals surface area contributed by atoms with Gasteiger partial charge >= 0.3 is 5.97 Å². The molecule has 0 saturated heterocycles. The molecule has 118 valence electrons. The molecule has 0 spiro atoms. The van der Waals surface area contributed by atoms with Gasteiger partial charge in [0.25, 0.3) is 0 Å². The summed E-state index contributed by atoms with van der Waals surface area (Å²) in [7, 11) is 0. The van der Waals surface area contributed by atoms with Crippen molar-refractivity contribution in [3.63, 3.8) is 0 Å². The van der Waals surface area contributed by atoms with Crippen molar-refractivity contribution in [2.24, 2.45) is 5.92 Å². The summed E-state index contributed by atoms with van der Waals surface area (Å²) in [5.74, 6) is -2.04. The highest BCUT2D eigenvalue weighted by atomic mass is 19.1. The molecule has 2 aromatic heterocycles. The van der Waals surface area contributed by atoms with Crippen molar-refractivity contribution in [2.45, 2.75) is 32.7 Å². The van der Waals surface area contributed by atoms with E-state index in [-0.39, 0.29) is 12.3 Å². The van der Waals surface area contributed by atoms with Gasteiger partial charge in [-0.3, -0.25) is 4.79 Å². The van der Waals surface area contributed by atoms with Crippen molar-refractivity contribution >= 4 is 17.5 Å². The van der Waals surface area contributed by atoms with Crippen LogP contribution in [0, 0.1) is 11.7 Å². The minimum atomic E-state index is -1.06. The van der Waals surface area contributed by atoms with Gasteiger partial charge in [0.1, 0.15) is 17.5 Å². The van der Waals surface area contributed by atoms with Gasteiger partial charge in [-0.05, 0) is 18.1 Å². The smallest absolute Gasteiger partial charge is 0.326 e. The average molecular weight is 307 g/mol. The molecule has 2 atom stereocenters. The lowest BCUT2D eigenvalue weighted by Gasteiger charge is -2.19. The molecule has 1 amide bonds. The van der Waals surface area contributed by atoms with E-state index >= 15 is 0 Å². The van der Waals surface area contributed by atoms with E-state index in [0.29, 0.717) is 17.8 Å². The lowest BCUT2D eigenvalue weighted by atomic mass is 9.99. The van der Waals surface area contributed by atoms with E-state index in [1.54, 1.807) is 13.1 Å². The maximum Gasteiger partial charge on any atom is 0.326 e. The molecule has 0 aliphatic rings. The number of carbonyl (C=O) groups is 2. The fourth-order valence-electron chi connectivity index (χ4n) is 2.17. The summed E-state index contributed by atoms with van der Waals surface area (Å²) >= 11 is 0. The molecule has 0 aromatic carbocycles. The van der Waals surface area contributed by atoms with Crippen molar-refractivity contribution in [3.8, 4) is 0 Å². The summed E-state index contributed by atoms with van der Waals surface area (Å²) in [5, 5.41) is 11.7. The van der Waals surface area contributed by atoms with Crippen LogP contribution in [0.4, 0.5) is 4.39 Å². The van der Waals surface area contributed by atoms with Gasteiger partial charge in [-0.15, -0.1) is 0 Å². The topological polar surface area (TPSA) is 83.7 Å². The molecule has 2 unspecified atom stereocenters. The summed E-state index contributed by atoms with van der Waals surface area (Å²) in [6.07, 6.45) is 3.41. The lowest BCUT2D eigenvalue weighted by molar-refractivity contribution is -0.143. The Labute approximate surface area is 127 Å².